The van der Waals surface area contributed by atoms with Crippen molar-refractivity contribution in [1.82, 2.24) is 4.90 Å². The quantitative estimate of drug-likeness (QED) is 0.742. The summed E-state index contributed by atoms with van der Waals surface area (Å²) >= 11 is 6.21. The molecule has 2 aromatic carbocycles. The van der Waals surface area contributed by atoms with Gasteiger partial charge in [0.05, 0.1) is 22.5 Å². The Morgan fingerprint density at radius 3 is 2.20 bits per heavy atom. The van der Waals surface area contributed by atoms with Gasteiger partial charge >= 0.3 is 0 Å². The number of para-hydroxylation sites is 1. The molecule has 30 heavy (non-hydrogen) atoms. The van der Waals surface area contributed by atoms with Crippen molar-refractivity contribution in [2.75, 3.05) is 5.32 Å². The minimum Gasteiger partial charge on any atom is -0.323 e. The van der Waals surface area contributed by atoms with Crippen LogP contribution in [0.25, 0.3) is 0 Å². The molecule has 1 N–H and O–H groups in total. The minimum atomic E-state index is -0.895. The number of halogens is 1. The summed E-state index contributed by atoms with van der Waals surface area (Å²) in [6.45, 7) is 0. The molecule has 5 atom stereocenters. The number of fused-ring (bicyclic) bond motifs is 5. The highest BCUT2D eigenvalue weighted by Crippen LogP contribution is 2.56. The van der Waals surface area contributed by atoms with E-state index in [-0.39, 0.29) is 47.8 Å². The topological polar surface area (TPSA) is 66.5 Å². The number of likely N-dealkylation sites (tertiary alicyclic amines) is 1. The molecule has 0 spiro atoms. The zero-order chi connectivity index (χ0) is 20.8. The van der Waals surface area contributed by atoms with Gasteiger partial charge in [0.25, 0.3) is 0 Å². The molecule has 6 heteroatoms. The molecule has 0 unspecified atom stereocenters. The summed E-state index contributed by atoms with van der Waals surface area (Å²) in [5, 5.41) is 3.25. The van der Waals surface area contributed by atoms with E-state index < -0.39 is 6.04 Å². The van der Waals surface area contributed by atoms with Gasteiger partial charge in [-0.15, -0.1) is 0 Å². The number of anilines is 1. The van der Waals surface area contributed by atoms with Crippen molar-refractivity contribution < 1.29 is 14.4 Å². The van der Waals surface area contributed by atoms with E-state index in [9.17, 15) is 14.4 Å². The van der Waals surface area contributed by atoms with Crippen molar-refractivity contribution in [1.29, 1.82) is 0 Å². The van der Waals surface area contributed by atoms with E-state index in [4.69, 9.17) is 11.6 Å². The van der Waals surface area contributed by atoms with Crippen LogP contribution in [-0.4, -0.2) is 28.7 Å². The maximum absolute atomic E-state index is 13.3. The number of amides is 3. The molecule has 3 amide bonds. The first-order valence-electron chi connectivity index (χ1n) is 10.5. The molecule has 5 nitrogen and oxygen atoms in total. The Hall–Kier alpha value is -2.66. The Bertz CT molecular complexity index is 981. The van der Waals surface area contributed by atoms with Crippen LogP contribution in [0.1, 0.15) is 24.8 Å². The summed E-state index contributed by atoms with van der Waals surface area (Å²) in [4.78, 5) is 41.3. The molecular formula is C24H23ClN2O3. The summed E-state index contributed by atoms with van der Waals surface area (Å²) < 4.78 is 0. The van der Waals surface area contributed by atoms with Crippen molar-refractivity contribution in [3.8, 4) is 0 Å². The highest BCUT2D eigenvalue weighted by molar-refractivity contribution is 6.33. The van der Waals surface area contributed by atoms with Gasteiger partial charge in [0.1, 0.15) is 6.04 Å². The first kappa shape index (κ1) is 19.3. The number of carbonyl (C=O) groups is 3. The van der Waals surface area contributed by atoms with Crippen molar-refractivity contribution in [2.45, 2.75) is 31.7 Å². The van der Waals surface area contributed by atoms with Gasteiger partial charge < -0.3 is 5.32 Å². The number of nitrogens with zero attached hydrogens (tertiary/aromatic N) is 1. The van der Waals surface area contributed by atoms with E-state index in [0.717, 1.165) is 24.8 Å². The summed E-state index contributed by atoms with van der Waals surface area (Å²) in [5.74, 6) is -0.665. The molecule has 154 valence electrons. The smallest absolute Gasteiger partial charge is 0.248 e. The zero-order valence-electron chi connectivity index (χ0n) is 16.5. The number of hydrogen-bond acceptors (Lipinski definition) is 3. The fraction of sp³-hybridized carbons (Fsp3) is 0.375. The standard InChI is InChI=1S/C24H23ClN2O3/c25-17-8-4-5-9-18(17)26-22(28)19(12-14-6-2-1-3-7-14)27-23(29)20-15-10-11-16(13-15)21(20)24(27)30/h1-9,15-16,19-21H,10-13H2,(H,26,28)/t15-,16-,19+,20-,21+/m0/s1. The Morgan fingerprint density at radius 2 is 1.57 bits per heavy atom. The van der Waals surface area contributed by atoms with E-state index in [1.165, 1.54) is 4.90 Å². The normalized spacial score (nSPS) is 28.0. The predicted molar refractivity (Wildman–Crippen MR) is 114 cm³/mol. The molecule has 3 aliphatic rings. The molecule has 2 bridgehead atoms. The van der Waals surface area contributed by atoms with E-state index in [1.54, 1.807) is 24.3 Å². The van der Waals surface area contributed by atoms with Crippen LogP contribution in [0.3, 0.4) is 0 Å². The molecule has 5 rings (SSSR count). The van der Waals surface area contributed by atoms with Gasteiger partial charge in [0.15, 0.2) is 0 Å². The van der Waals surface area contributed by atoms with E-state index in [2.05, 4.69) is 5.32 Å². The second-order valence-electron chi connectivity index (χ2n) is 8.61. The fourth-order valence-corrected chi connectivity index (χ4v) is 5.84. The zero-order valence-corrected chi connectivity index (χ0v) is 17.2. The van der Waals surface area contributed by atoms with Gasteiger partial charge in [-0.2, -0.15) is 0 Å². The molecule has 2 saturated carbocycles. The molecule has 0 aromatic heterocycles. The Morgan fingerprint density at radius 1 is 0.967 bits per heavy atom. The Labute approximate surface area is 180 Å². The first-order valence-corrected chi connectivity index (χ1v) is 10.9. The molecular weight excluding hydrogens is 400 g/mol. The maximum atomic E-state index is 13.3. The van der Waals surface area contributed by atoms with Crippen LogP contribution < -0.4 is 5.32 Å². The van der Waals surface area contributed by atoms with E-state index >= 15 is 0 Å². The lowest BCUT2D eigenvalue weighted by atomic mass is 9.81. The van der Waals surface area contributed by atoms with Gasteiger partial charge in [-0.05, 0) is 48.8 Å². The van der Waals surface area contributed by atoms with E-state index in [0.29, 0.717) is 10.7 Å². The van der Waals surface area contributed by atoms with Crippen LogP contribution in [-0.2, 0) is 20.8 Å². The lowest BCUT2D eigenvalue weighted by Gasteiger charge is -2.27. The van der Waals surface area contributed by atoms with Crippen LogP contribution in [0.2, 0.25) is 5.02 Å². The molecule has 0 radical (unpaired) electrons. The molecule has 1 saturated heterocycles. The van der Waals surface area contributed by atoms with Gasteiger partial charge in [-0.3, -0.25) is 19.3 Å². The molecule has 1 heterocycles. The molecule has 1 aliphatic heterocycles. The number of carbonyl (C=O) groups excluding carboxylic acids is 3. The summed E-state index contributed by atoms with van der Waals surface area (Å²) in [7, 11) is 0. The number of benzene rings is 2. The number of rotatable bonds is 5. The van der Waals surface area contributed by atoms with Crippen molar-refractivity contribution >= 4 is 35.0 Å². The lowest BCUT2D eigenvalue weighted by Crippen LogP contribution is -2.49. The van der Waals surface area contributed by atoms with Crippen LogP contribution in [0.15, 0.2) is 54.6 Å². The minimum absolute atomic E-state index is 0.174. The third-order valence-corrected chi connectivity index (χ3v) is 7.31. The fourth-order valence-electron chi connectivity index (χ4n) is 5.66. The van der Waals surface area contributed by atoms with Crippen LogP contribution in [0.5, 0.6) is 0 Å². The van der Waals surface area contributed by atoms with Crippen molar-refractivity contribution in [3.05, 3.63) is 65.2 Å². The second kappa shape index (κ2) is 7.55. The monoisotopic (exact) mass is 422 g/mol. The van der Waals surface area contributed by atoms with Crippen molar-refractivity contribution in [2.24, 2.45) is 23.7 Å². The Balaban J connectivity index is 1.47. The molecule has 2 aromatic rings. The average Bonchev–Trinajstić information content (AvgIpc) is 3.43. The first-order chi connectivity index (χ1) is 14.5. The number of nitrogens with one attached hydrogen (secondary N) is 1. The van der Waals surface area contributed by atoms with Crippen LogP contribution in [0.4, 0.5) is 5.69 Å². The van der Waals surface area contributed by atoms with Crippen LogP contribution >= 0.6 is 11.6 Å². The van der Waals surface area contributed by atoms with Crippen LogP contribution in [0, 0.1) is 23.7 Å². The highest BCUT2D eigenvalue weighted by atomic mass is 35.5. The second-order valence-corrected chi connectivity index (χ2v) is 9.01. The third-order valence-electron chi connectivity index (χ3n) is 6.98. The lowest BCUT2D eigenvalue weighted by molar-refractivity contribution is -0.147. The van der Waals surface area contributed by atoms with E-state index in [1.807, 2.05) is 30.3 Å². The predicted octanol–water partition coefficient (Wildman–Crippen LogP) is 3.92. The average molecular weight is 423 g/mol. The number of imide groups is 1. The van der Waals surface area contributed by atoms with Gasteiger partial charge in [0, 0.05) is 6.42 Å². The Kier molecular flexibility index (Phi) is 4.86. The van der Waals surface area contributed by atoms with Gasteiger partial charge in [0.2, 0.25) is 17.7 Å². The highest BCUT2D eigenvalue weighted by Gasteiger charge is 2.62. The summed E-state index contributed by atoms with van der Waals surface area (Å²) in [5.41, 5.74) is 1.37. The third kappa shape index (κ3) is 3.12. The largest absolute Gasteiger partial charge is 0.323 e. The maximum Gasteiger partial charge on any atom is 0.248 e. The van der Waals surface area contributed by atoms with Gasteiger partial charge in [-0.25, -0.2) is 0 Å². The molecule has 2 aliphatic carbocycles. The molecule has 3 fully saturated rings. The number of hydrogen-bond donors (Lipinski definition) is 1. The van der Waals surface area contributed by atoms with Gasteiger partial charge in [-0.1, -0.05) is 54.1 Å². The summed E-state index contributed by atoms with van der Waals surface area (Å²) in [6.07, 6.45) is 3.26. The SMILES string of the molecule is O=C(Nc1ccccc1Cl)[C@@H](Cc1ccccc1)N1C(=O)[C@@H]2[C@H]3CC[C@@H](C3)[C@@H]2C1=O. The van der Waals surface area contributed by atoms with Crippen molar-refractivity contribution in [3.63, 3.8) is 0 Å². The summed E-state index contributed by atoms with van der Waals surface area (Å²) in [6, 6.07) is 15.6.